The van der Waals surface area contributed by atoms with Gasteiger partial charge in [-0.3, -0.25) is 14.1 Å². The first-order valence-electron chi connectivity index (χ1n) is 10.9. The number of hydrogen-bond donors (Lipinski definition) is 0. The lowest BCUT2D eigenvalue weighted by atomic mass is 10.0. The first-order chi connectivity index (χ1) is 15.8. The topological polar surface area (TPSA) is 99.7 Å². The Morgan fingerprint density at radius 3 is 2.72 bits per heavy atom. The molecule has 4 aromatic heterocycles. The molecule has 4 aromatic rings. The Kier molecular flexibility index (Phi) is 4.64. The van der Waals surface area contributed by atoms with E-state index < -0.39 is 0 Å². The van der Waals surface area contributed by atoms with Crippen LogP contribution in [0.25, 0.3) is 23.0 Å². The van der Waals surface area contributed by atoms with Crippen molar-refractivity contribution in [1.29, 1.82) is 0 Å². The second-order valence-corrected chi connectivity index (χ2v) is 7.97. The highest BCUT2D eigenvalue weighted by molar-refractivity contribution is 5.63. The van der Waals surface area contributed by atoms with Gasteiger partial charge in [0.15, 0.2) is 11.6 Å². The Bertz CT molecular complexity index is 1230. The number of anilines is 1. The van der Waals surface area contributed by atoms with E-state index in [1.165, 1.54) is 0 Å². The first-order valence-corrected chi connectivity index (χ1v) is 10.9. The van der Waals surface area contributed by atoms with Gasteiger partial charge in [0, 0.05) is 49.6 Å². The van der Waals surface area contributed by atoms with Crippen LogP contribution in [0.1, 0.15) is 38.1 Å². The number of hydrogen-bond acceptors (Lipinski definition) is 8. The van der Waals surface area contributed by atoms with Crippen LogP contribution in [0, 0.1) is 0 Å². The molecular weight excluding hydrogens is 406 g/mol. The van der Waals surface area contributed by atoms with E-state index in [1.54, 1.807) is 24.9 Å². The van der Waals surface area contributed by atoms with Crippen LogP contribution in [0.5, 0.6) is 0 Å². The molecular formula is C22H23N9O. The third-order valence-electron chi connectivity index (χ3n) is 6.22. The molecule has 32 heavy (non-hydrogen) atoms. The minimum atomic E-state index is 0.0957. The number of pyridine rings is 1. The van der Waals surface area contributed by atoms with E-state index in [1.807, 2.05) is 33.7 Å². The number of rotatable bonds is 4. The quantitative estimate of drug-likeness (QED) is 0.488. The zero-order valence-electron chi connectivity index (χ0n) is 17.7. The van der Waals surface area contributed by atoms with Crippen LogP contribution in [0.3, 0.4) is 0 Å². The van der Waals surface area contributed by atoms with Gasteiger partial charge in [-0.15, -0.1) is 10.2 Å². The third-order valence-corrected chi connectivity index (χ3v) is 6.22. The van der Waals surface area contributed by atoms with Crippen molar-refractivity contribution in [2.45, 2.75) is 38.3 Å². The molecule has 0 unspecified atom stereocenters. The van der Waals surface area contributed by atoms with Gasteiger partial charge in [-0.25, -0.2) is 9.97 Å². The summed E-state index contributed by atoms with van der Waals surface area (Å²) >= 11 is 0. The number of ether oxygens (including phenoxy) is 1. The molecule has 0 bridgehead atoms. The zero-order chi connectivity index (χ0) is 21.5. The molecule has 6 heterocycles. The van der Waals surface area contributed by atoms with Gasteiger partial charge >= 0.3 is 0 Å². The van der Waals surface area contributed by atoms with Crippen molar-refractivity contribution in [3.8, 4) is 23.0 Å². The summed E-state index contributed by atoms with van der Waals surface area (Å²) in [6, 6.07) is 4.28. The van der Waals surface area contributed by atoms with E-state index in [-0.39, 0.29) is 6.04 Å². The van der Waals surface area contributed by atoms with Crippen molar-refractivity contribution in [3.63, 3.8) is 0 Å². The Hall–Kier alpha value is -3.66. The normalized spacial score (nSPS) is 18.4. The summed E-state index contributed by atoms with van der Waals surface area (Å²) in [6.45, 7) is 3.69. The fourth-order valence-electron chi connectivity index (χ4n) is 4.71. The van der Waals surface area contributed by atoms with Crippen molar-refractivity contribution in [2.24, 2.45) is 0 Å². The maximum absolute atomic E-state index is 5.64. The first kappa shape index (κ1) is 19.1. The highest BCUT2D eigenvalue weighted by atomic mass is 16.5. The van der Waals surface area contributed by atoms with E-state index in [4.69, 9.17) is 14.7 Å². The Labute approximate surface area is 185 Å². The molecule has 1 atom stereocenters. The zero-order valence-corrected chi connectivity index (χ0v) is 17.7. The lowest BCUT2D eigenvalue weighted by Crippen LogP contribution is -2.45. The molecule has 10 heteroatoms. The predicted molar refractivity (Wildman–Crippen MR) is 117 cm³/mol. The molecule has 0 aliphatic carbocycles. The Morgan fingerprint density at radius 1 is 1.06 bits per heavy atom. The maximum Gasteiger partial charge on any atom is 0.237 e. The van der Waals surface area contributed by atoms with Crippen LogP contribution in [0.2, 0.25) is 0 Å². The number of nitrogens with zero attached hydrogens (tertiary/aromatic N) is 9. The van der Waals surface area contributed by atoms with Crippen molar-refractivity contribution in [2.75, 3.05) is 18.1 Å². The number of imidazole rings is 1. The largest absolute Gasteiger partial charge is 0.381 e. The minimum absolute atomic E-state index is 0.0957. The fraction of sp³-hybridized carbons (Fsp3) is 0.364. The third kappa shape index (κ3) is 2.98. The Morgan fingerprint density at radius 2 is 1.91 bits per heavy atom. The fourth-order valence-corrected chi connectivity index (χ4v) is 4.71. The summed E-state index contributed by atoms with van der Waals surface area (Å²) in [6.07, 6.45) is 13.6. The van der Waals surface area contributed by atoms with Gasteiger partial charge in [-0.05, 0) is 31.4 Å². The van der Waals surface area contributed by atoms with Crippen molar-refractivity contribution >= 4 is 5.82 Å². The summed E-state index contributed by atoms with van der Waals surface area (Å²) in [5.74, 6) is 3.19. The molecule has 0 radical (unpaired) electrons. The number of fused-ring (bicyclic) bond motifs is 3. The van der Waals surface area contributed by atoms with Crippen LogP contribution in [-0.4, -0.2) is 58.5 Å². The summed E-state index contributed by atoms with van der Waals surface area (Å²) < 4.78 is 9.57. The van der Waals surface area contributed by atoms with Crippen molar-refractivity contribution < 1.29 is 4.74 Å². The van der Waals surface area contributed by atoms with Crippen LogP contribution < -0.4 is 4.90 Å². The van der Waals surface area contributed by atoms with Gasteiger partial charge in [0.25, 0.3) is 0 Å². The van der Waals surface area contributed by atoms with E-state index in [2.05, 4.69) is 32.0 Å². The molecule has 2 aliphatic heterocycles. The van der Waals surface area contributed by atoms with E-state index in [0.29, 0.717) is 12.0 Å². The van der Waals surface area contributed by atoms with Crippen molar-refractivity contribution in [3.05, 3.63) is 55.3 Å². The maximum atomic E-state index is 5.64. The molecule has 1 saturated heterocycles. The molecule has 10 nitrogen and oxygen atoms in total. The summed E-state index contributed by atoms with van der Waals surface area (Å²) in [7, 11) is 0. The molecule has 0 aromatic carbocycles. The van der Waals surface area contributed by atoms with Gasteiger partial charge in [0.05, 0.1) is 12.2 Å². The Balaban J connectivity index is 1.50. The number of aromatic nitrogens is 8. The average Bonchev–Trinajstić information content (AvgIpc) is 3.54. The van der Waals surface area contributed by atoms with E-state index in [0.717, 1.165) is 61.2 Å². The highest BCUT2D eigenvalue weighted by Gasteiger charge is 2.38. The van der Waals surface area contributed by atoms with Crippen LogP contribution in [0.15, 0.2) is 49.4 Å². The van der Waals surface area contributed by atoms with Gasteiger partial charge < -0.3 is 9.64 Å². The second-order valence-electron chi connectivity index (χ2n) is 7.97. The standard InChI is InChI=1S/C22H23N9O/c1-2-17-21-28-26-14-30(21)18-13-25-22(27-20(18)31(17)16-5-11-32-12-6-16)29-10-9-24-19(29)15-3-7-23-8-4-15/h3-4,7-10,13-14,16-17H,2,5-6,11-12H2,1H3/t17-/m1/s1. The molecule has 0 N–H and O–H groups in total. The van der Waals surface area contributed by atoms with E-state index >= 15 is 0 Å². The van der Waals surface area contributed by atoms with Gasteiger partial charge in [0.2, 0.25) is 5.95 Å². The summed E-state index contributed by atoms with van der Waals surface area (Å²) in [4.78, 5) is 20.8. The van der Waals surface area contributed by atoms with Gasteiger partial charge in [-0.2, -0.15) is 4.98 Å². The predicted octanol–water partition coefficient (Wildman–Crippen LogP) is 2.76. The SMILES string of the molecule is CC[C@@H]1c2nncn2-c2cnc(-n3ccnc3-c3ccncc3)nc2N1C1CCOCC1. The highest BCUT2D eigenvalue weighted by Crippen LogP contribution is 2.41. The minimum Gasteiger partial charge on any atom is -0.381 e. The summed E-state index contributed by atoms with van der Waals surface area (Å²) in [5, 5.41) is 8.63. The van der Waals surface area contributed by atoms with Gasteiger partial charge in [-0.1, -0.05) is 6.92 Å². The van der Waals surface area contributed by atoms with E-state index in [9.17, 15) is 0 Å². The monoisotopic (exact) mass is 429 g/mol. The molecule has 0 saturated carbocycles. The smallest absolute Gasteiger partial charge is 0.237 e. The lowest BCUT2D eigenvalue weighted by molar-refractivity contribution is 0.0817. The molecule has 0 amide bonds. The summed E-state index contributed by atoms with van der Waals surface area (Å²) in [5.41, 5.74) is 1.86. The molecule has 162 valence electrons. The van der Waals surface area contributed by atoms with Crippen LogP contribution in [0.4, 0.5) is 5.82 Å². The van der Waals surface area contributed by atoms with Crippen LogP contribution in [-0.2, 0) is 4.74 Å². The molecule has 1 fully saturated rings. The van der Waals surface area contributed by atoms with Crippen LogP contribution >= 0.6 is 0 Å². The van der Waals surface area contributed by atoms with Crippen molar-refractivity contribution in [1.82, 2.24) is 39.3 Å². The molecule has 0 spiro atoms. The molecule has 2 aliphatic rings. The second kappa shape index (κ2) is 7.79. The lowest BCUT2D eigenvalue weighted by Gasteiger charge is -2.43. The molecule has 6 rings (SSSR count). The van der Waals surface area contributed by atoms with Gasteiger partial charge in [0.1, 0.15) is 17.8 Å². The average molecular weight is 429 g/mol.